The van der Waals surface area contributed by atoms with Crippen LogP contribution in [0, 0.1) is 6.92 Å². The molecule has 19 heavy (non-hydrogen) atoms. The summed E-state index contributed by atoms with van der Waals surface area (Å²) in [5, 5.41) is 6.88. The predicted molar refractivity (Wildman–Crippen MR) is 73.2 cm³/mol. The molecule has 0 aliphatic rings. The first-order valence-corrected chi connectivity index (χ1v) is 5.93. The number of anilines is 1. The lowest BCUT2D eigenvalue weighted by Crippen LogP contribution is -2.39. The first-order chi connectivity index (χ1) is 8.99. The van der Waals surface area contributed by atoms with Crippen LogP contribution in [0.15, 0.2) is 33.9 Å². The average molecular weight is 260 g/mol. The second kappa shape index (κ2) is 5.09. The summed E-state index contributed by atoms with van der Waals surface area (Å²) in [7, 11) is 2.95. The molecule has 1 heterocycles. The van der Waals surface area contributed by atoms with Crippen LogP contribution in [0.4, 0.5) is 5.82 Å². The number of nitrogens with one attached hydrogen (secondary N) is 1. The molecule has 1 aromatic carbocycles. The van der Waals surface area contributed by atoms with E-state index in [1.165, 1.54) is 19.7 Å². The van der Waals surface area contributed by atoms with E-state index in [2.05, 4.69) is 10.4 Å². The number of hydrogen-bond acceptors (Lipinski definition) is 4. The average Bonchev–Trinajstić information content (AvgIpc) is 2.41. The Hall–Kier alpha value is -2.37. The Morgan fingerprint density at radius 3 is 2.42 bits per heavy atom. The first kappa shape index (κ1) is 13.1. The smallest absolute Gasteiger partial charge is 0.346 e. The Balaban J connectivity index is 2.23. The molecule has 0 atom stereocenters. The maximum atomic E-state index is 11.8. The fraction of sp³-hybridized carbons (Fsp3) is 0.308. The zero-order valence-electron chi connectivity index (χ0n) is 11.2. The summed E-state index contributed by atoms with van der Waals surface area (Å²) in [5.41, 5.74) is 1.37. The number of aromatic nitrogens is 3. The van der Waals surface area contributed by atoms with E-state index in [4.69, 9.17) is 0 Å². The summed E-state index contributed by atoms with van der Waals surface area (Å²) >= 11 is 0. The zero-order chi connectivity index (χ0) is 14.0. The predicted octanol–water partition coefficient (Wildman–Crippen LogP) is 0.400. The van der Waals surface area contributed by atoms with Crippen molar-refractivity contribution in [3.05, 3.63) is 56.2 Å². The quantitative estimate of drug-likeness (QED) is 0.867. The van der Waals surface area contributed by atoms with Crippen molar-refractivity contribution < 1.29 is 0 Å². The normalized spacial score (nSPS) is 10.5. The molecule has 0 amide bonds. The third-order valence-electron chi connectivity index (χ3n) is 2.90. The molecule has 2 aromatic rings. The van der Waals surface area contributed by atoms with E-state index in [1.54, 1.807) is 0 Å². The topological polar surface area (TPSA) is 68.9 Å². The summed E-state index contributed by atoms with van der Waals surface area (Å²) < 4.78 is 2.17. The SMILES string of the molecule is Cc1ccc(CNc2nn(C)c(=O)n(C)c2=O)cc1. The van der Waals surface area contributed by atoms with Crippen LogP contribution in [-0.2, 0) is 20.6 Å². The monoisotopic (exact) mass is 260 g/mol. The maximum Gasteiger partial charge on any atom is 0.346 e. The summed E-state index contributed by atoms with van der Waals surface area (Å²) in [6.45, 7) is 2.50. The molecule has 0 aliphatic carbocycles. The van der Waals surface area contributed by atoms with E-state index in [0.29, 0.717) is 6.54 Å². The van der Waals surface area contributed by atoms with Crippen LogP contribution in [-0.4, -0.2) is 14.3 Å². The highest BCUT2D eigenvalue weighted by atomic mass is 16.2. The summed E-state index contributed by atoms with van der Waals surface area (Å²) in [6, 6.07) is 7.97. The molecule has 0 radical (unpaired) electrons. The minimum Gasteiger partial charge on any atom is -0.360 e. The van der Waals surface area contributed by atoms with Gasteiger partial charge in [-0.3, -0.25) is 9.36 Å². The molecule has 1 aromatic heterocycles. The molecule has 2 rings (SSSR count). The summed E-state index contributed by atoms with van der Waals surface area (Å²) in [6.07, 6.45) is 0. The largest absolute Gasteiger partial charge is 0.360 e. The molecule has 0 aliphatic heterocycles. The highest BCUT2D eigenvalue weighted by molar-refractivity contribution is 5.32. The van der Waals surface area contributed by atoms with Gasteiger partial charge in [0.05, 0.1) is 0 Å². The lowest BCUT2D eigenvalue weighted by atomic mass is 10.1. The molecule has 6 nitrogen and oxygen atoms in total. The van der Waals surface area contributed by atoms with E-state index in [1.807, 2.05) is 31.2 Å². The van der Waals surface area contributed by atoms with Crippen molar-refractivity contribution in [1.29, 1.82) is 0 Å². The van der Waals surface area contributed by atoms with Gasteiger partial charge in [0, 0.05) is 20.6 Å². The highest BCUT2D eigenvalue weighted by Gasteiger charge is 2.07. The van der Waals surface area contributed by atoms with Gasteiger partial charge in [-0.25, -0.2) is 9.48 Å². The minimum atomic E-state index is -0.439. The van der Waals surface area contributed by atoms with Crippen molar-refractivity contribution in [3.63, 3.8) is 0 Å². The van der Waals surface area contributed by atoms with Gasteiger partial charge in [-0.2, -0.15) is 0 Å². The molecule has 100 valence electrons. The van der Waals surface area contributed by atoms with Crippen LogP contribution < -0.4 is 16.6 Å². The Kier molecular flexibility index (Phi) is 3.50. The molecule has 0 bridgehead atoms. The van der Waals surface area contributed by atoms with Crippen molar-refractivity contribution in [3.8, 4) is 0 Å². The van der Waals surface area contributed by atoms with Crippen molar-refractivity contribution >= 4 is 5.82 Å². The third-order valence-corrected chi connectivity index (χ3v) is 2.90. The Labute approximate surface area is 110 Å². The summed E-state index contributed by atoms with van der Waals surface area (Å²) in [5.74, 6) is 0.171. The van der Waals surface area contributed by atoms with Crippen molar-refractivity contribution in [2.75, 3.05) is 5.32 Å². The van der Waals surface area contributed by atoms with Crippen LogP contribution in [0.1, 0.15) is 11.1 Å². The molecule has 6 heteroatoms. The lowest BCUT2D eigenvalue weighted by molar-refractivity contribution is 0.604. The number of aryl methyl sites for hydroxylation is 2. The lowest BCUT2D eigenvalue weighted by Gasteiger charge is -2.08. The zero-order valence-corrected chi connectivity index (χ0v) is 11.2. The number of hydrogen-bond donors (Lipinski definition) is 1. The van der Waals surface area contributed by atoms with Gasteiger partial charge < -0.3 is 5.32 Å². The van der Waals surface area contributed by atoms with Crippen LogP contribution in [0.5, 0.6) is 0 Å². The second-order valence-electron chi connectivity index (χ2n) is 4.46. The Morgan fingerprint density at radius 2 is 1.79 bits per heavy atom. The standard InChI is InChI=1S/C13H16N4O2/c1-9-4-6-10(7-5-9)8-14-11-12(18)16(2)13(19)17(3)15-11/h4-7H,8H2,1-3H3,(H,14,15). The fourth-order valence-electron chi connectivity index (χ4n) is 1.70. The number of benzene rings is 1. The van der Waals surface area contributed by atoms with Crippen LogP contribution in [0.25, 0.3) is 0 Å². The molecular weight excluding hydrogens is 244 g/mol. The highest BCUT2D eigenvalue weighted by Crippen LogP contribution is 2.04. The molecule has 0 fully saturated rings. The van der Waals surface area contributed by atoms with Crippen LogP contribution in [0.2, 0.25) is 0 Å². The van der Waals surface area contributed by atoms with Gasteiger partial charge in [0.25, 0.3) is 5.56 Å². The molecule has 0 saturated heterocycles. The number of rotatable bonds is 3. The number of nitrogens with zero attached hydrogens (tertiary/aromatic N) is 3. The van der Waals surface area contributed by atoms with Gasteiger partial charge in [-0.05, 0) is 12.5 Å². The van der Waals surface area contributed by atoms with Gasteiger partial charge in [0.1, 0.15) is 0 Å². The van der Waals surface area contributed by atoms with Crippen molar-refractivity contribution in [2.45, 2.75) is 13.5 Å². The second-order valence-corrected chi connectivity index (χ2v) is 4.46. The van der Waals surface area contributed by atoms with E-state index in [0.717, 1.165) is 14.8 Å². The molecule has 0 saturated carbocycles. The molecule has 0 unspecified atom stereocenters. The minimum absolute atomic E-state index is 0.171. The van der Waals surface area contributed by atoms with E-state index < -0.39 is 11.2 Å². The van der Waals surface area contributed by atoms with Crippen LogP contribution >= 0.6 is 0 Å². The molecular formula is C13H16N4O2. The molecule has 0 spiro atoms. The van der Waals surface area contributed by atoms with Gasteiger partial charge in [0.15, 0.2) is 0 Å². The summed E-state index contributed by atoms with van der Waals surface area (Å²) in [4.78, 5) is 23.3. The molecule has 1 N–H and O–H groups in total. The van der Waals surface area contributed by atoms with E-state index >= 15 is 0 Å². The fourth-order valence-corrected chi connectivity index (χ4v) is 1.70. The first-order valence-electron chi connectivity index (χ1n) is 5.93. The maximum absolute atomic E-state index is 11.8. The van der Waals surface area contributed by atoms with Gasteiger partial charge in [-0.15, -0.1) is 5.10 Å². The van der Waals surface area contributed by atoms with Gasteiger partial charge in [0.2, 0.25) is 5.82 Å². The van der Waals surface area contributed by atoms with Crippen molar-refractivity contribution in [2.24, 2.45) is 14.1 Å². The van der Waals surface area contributed by atoms with Crippen LogP contribution in [0.3, 0.4) is 0 Å². The van der Waals surface area contributed by atoms with Gasteiger partial charge in [-0.1, -0.05) is 29.8 Å². The van der Waals surface area contributed by atoms with E-state index in [-0.39, 0.29) is 5.82 Å². The Bertz CT molecular complexity index is 698. The Morgan fingerprint density at radius 1 is 1.16 bits per heavy atom. The van der Waals surface area contributed by atoms with E-state index in [9.17, 15) is 9.59 Å². The van der Waals surface area contributed by atoms with Gasteiger partial charge >= 0.3 is 5.69 Å². The van der Waals surface area contributed by atoms with Crippen molar-refractivity contribution in [1.82, 2.24) is 14.3 Å². The third kappa shape index (κ3) is 2.73.